The molecule has 2 aromatic rings. The topological polar surface area (TPSA) is 50.3 Å². The van der Waals surface area contributed by atoms with Crippen LogP contribution in [0.2, 0.25) is 19.6 Å². The lowest BCUT2D eigenvalue weighted by Crippen LogP contribution is -2.32. The van der Waals surface area contributed by atoms with E-state index in [0.717, 1.165) is 20.7 Å². The highest BCUT2D eigenvalue weighted by Gasteiger charge is 2.20. The molecule has 0 saturated carbocycles. The second-order valence-electron chi connectivity index (χ2n) is 6.05. The highest BCUT2D eigenvalue weighted by Crippen LogP contribution is 2.29. The van der Waals surface area contributed by atoms with Crippen LogP contribution in [-0.4, -0.2) is 24.9 Å². The van der Waals surface area contributed by atoms with Crippen LogP contribution >= 0.6 is 11.3 Å². The summed E-state index contributed by atoms with van der Waals surface area (Å²) in [6.45, 7) is 9.31. The zero-order valence-electron chi connectivity index (χ0n) is 13.4. The van der Waals surface area contributed by atoms with E-state index in [1.807, 2.05) is 18.2 Å². The van der Waals surface area contributed by atoms with Gasteiger partial charge in [-0.1, -0.05) is 36.9 Å². The summed E-state index contributed by atoms with van der Waals surface area (Å²) in [6, 6.07) is 5.76. The van der Waals surface area contributed by atoms with E-state index >= 15 is 0 Å². The number of hydrogen-bond acceptors (Lipinski definition) is 4. The van der Waals surface area contributed by atoms with E-state index in [2.05, 4.69) is 36.1 Å². The van der Waals surface area contributed by atoms with E-state index in [1.165, 1.54) is 25.2 Å². The maximum atomic E-state index is 11.6. The summed E-state index contributed by atoms with van der Waals surface area (Å²) in [7, 11) is -1.42. The van der Waals surface area contributed by atoms with Gasteiger partial charge in [-0.05, 0) is 18.2 Å². The Kier molecular flexibility index (Phi) is 4.49. The van der Waals surface area contributed by atoms with Crippen molar-refractivity contribution in [3.63, 3.8) is 0 Å². The lowest BCUT2D eigenvalue weighted by Gasteiger charge is -2.12. The molecule has 0 aliphatic heterocycles. The van der Waals surface area contributed by atoms with Gasteiger partial charge in [-0.15, -0.1) is 5.54 Å². The standard InChI is InChI=1S/C16H18N2O2SSi/c1-11(19)18(12(2)20)16-17-14-7-6-13(10-15(14)21-16)8-9-22(3,4)5/h6-7,10H,1-5H3. The van der Waals surface area contributed by atoms with E-state index in [9.17, 15) is 9.59 Å². The number of imide groups is 1. The number of nitrogens with zero attached hydrogens (tertiary/aromatic N) is 2. The fourth-order valence-corrected chi connectivity index (χ4v) is 3.45. The summed E-state index contributed by atoms with van der Waals surface area (Å²) >= 11 is 1.33. The largest absolute Gasteiger partial charge is 0.274 e. The van der Waals surface area contributed by atoms with Crippen molar-refractivity contribution in [3.05, 3.63) is 23.8 Å². The third kappa shape index (κ3) is 3.81. The Labute approximate surface area is 135 Å². The molecule has 6 heteroatoms. The van der Waals surface area contributed by atoms with Gasteiger partial charge in [0, 0.05) is 19.4 Å². The summed E-state index contributed by atoms with van der Waals surface area (Å²) in [4.78, 5) is 28.7. The Bertz CT molecular complexity index is 795. The smallest absolute Gasteiger partial charge is 0.232 e. The Morgan fingerprint density at radius 2 is 1.82 bits per heavy atom. The molecule has 0 saturated heterocycles. The lowest BCUT2D eigenvalue weighted by atomic mass is 10.2. The molecule has 0 N–H and O–H groups in total. The number of benzene rings is 1. The molecular weight excluding hydrogens is 312 g/mol. The van der Waals surface area contributed by atoms with Gasteiger partial charge in [-0.3, -0.25) is 9.59 Å². The number of anilines is 1. The molecule has 0 aliphatic carbocycles. The van der Waals surface area contributed by atoms with Crippen LogP contribution in [0.4, 0.5) is 5.13 Å². The fourth-order valence-electron chi connectivity index (χ4n) is 1.84. The zero-order valence-corrected chi connectivity index (χ0v) is 15.2. The predicted octanol–water partition coefficient (Wildman–Crippen LogP) is 3.42. The van der Waals surface area contributed by atoms with Crippen molar-refractivity contribution in [2.45, 2.75) is 33.5 Å². The molecule has 0 fully saturated rings. The molecule has 22 heavy (non-hydrogen) atoms. The number of thiazole rings is 1. The third-order valence-corrected chi connectivity index (χ3v) is 4.66. The van der Waals surface area contributed by atoms with Gasteiger partial charge in [0.25, 0.3) is 0 Å². The predicted molar refractivity (Wildman–Crippen MR) is 93.7 cm³/mol. The quantitative estimate of drug-likeness (QED) is 0.594. The normalized spacial score (nSPS) is 11.0. The maximum Gasteiger partial charge on any atom is 0.232 e. The third-order valence-electron chi connectivity index (χ3n) is 2.78. The molecular formula is C16H18N2O2SSi. The maximum absolute atomic E-state index is 11.6. The van der Waals surface area contributed by atoms with Crippen molar-refractivity contribution >= 4 is 46.6 Å². The van der Waals surface area contributed by atoms with Crippen molar-refractivity contribution in [1.82, 2.24) is 4.98 Å². The first-order valence-corrected chi connectivity index (χ1v) is 11.2. The summed E-state index contributed by atoms with van der Waals surface area (Å²) in [5.74, 6) is 2.55. The van der Waals surface area contributed by atoms with Crippen LogP contribution in [0.1, 0.15) is 19.4 Å². The molecule has 0 spiro atoms. The molecule has 1 aromatic carbocycles. The average molecular weight is 330 g/mol. The van der Waals surface area contributed by atoms with Crippen molar-refractivity contribution in [3.8, 4) is 11.5 Å². The van der Waals surface area contributed by atoms with Crippen molar-refractivity contribution in [2.24, 2.45) is 0 Å². The Morgan fingerprint density at radius 1 is 1.18 bits per heavy atom. The molecule has 0 unspecified atom stereocenters. The van der Waals surface area contributed by atoms with Crippen LogP contribution in [0.25, 0.3) is 10.2 Å². The minimum atomic E-state index is -1.42. The van der Waals surface area contributed by atoms with Crippen LogP contribution in [0, 0.1) is 11.5 Å². The van der Waals surface area contributed by atoms with Gasteiger partial charge >= 0.3 is 0 Å². The van der Waals surface area contributed by atoms with Crippen molar-refractivity contribution in [1.29, 1.82) is 0 Å². The van der Waals surface area contributed by atoms with Crippen LogP contribution in [0.5, 0.6) is 0 Å². The summed E-state index contributed by atoms with van der Waals surface area (Å²) in [5.41, 5.74) is 5.03. The molecule has 0 bridgehead atoms. The lowest BCUT2D eigenvalue weighted by molar-refractivity contribution is -0.124. The van der Waals surface area contributed by atoms with E-state index < -0.39 is 8.07 Å². The van der Waals surface area contributed by atoms with Gasteiger partial charge in [-0.25, -0.2) is 9.88 Å². The number of hydrogen-bond donors (Lipinski definition) is 0. The minimum Gasteiger partial charge on any atom is -0.274 e. The Hall–Kier alpha value is -1.97. The highest BCUT2D eigenvalue weighted by molar-refractivity contribution is 7.22. The van der Waals surface area contributed by atoms with Crippen LogP contribution < -0.4 is 4.90 Å². The fraction of sp³-hybridized carbons (Fsp3) is 0.312. The van der Waals surface area contributed by atoms with Gasteiger partial charge in [0.1, 0.15) is 8.07 Å². The summed E-state index contributed by atoms with van der Waals surface area (Å²) < 4.78 is 0.921. The van der Waals surface area contributed by atoms with Gasteiger partial charge in [0.15, 0.2) is 5.13 Å². The number of amides is 2. The molecule has 0 atom stereocenters. The van der Waals surface area contributed by atoms with Gasteiger partial charge in [-0.2, -0.15) is 0 Å². The van der Waals surface area contributed by atoms with E-state index in [-0.39, 0.29) is 11.8 Å². The van der Waals surface area contributed by atoms with Crippen molar-refractivity contribution < 1.29 is 9.59 Å². The molecule has 2 amide bonds. The molecule has 2 rings (SSSR count). The SMILES string of the molecule is CC(=O)N(C(C)=O)c1nc2ccc(C#C[Si](C)(C)C)cc2s1. The first kappa shape index (κ1) is 16.4. The van der Waals surface area contributed by atoms with E-state index in [4.69, 9.17) is 0 Å². The van der Waals surface area contributed by atoms with E-state index in [0.29, 0.717) is 5.13 Å². The van der Waals surface area contributed by atoms with Crippen LogP contribution in [-0.2, 0) is 9.59 Å². The minimum absolute atomic E-state index is 0.328. The highest BCUT2D eigenvalue weighted by atomic mass is 32.1. The van der Waals surface area contributed by atoms with Crippen LogP contribution in [0.15, 0.2) is 18.2 Å². The first-order chi connectivity index (χ1) is 10.2. The number of carbonyl (C=O) groups is 2. The number of aromatic nitrogens is 1. The molecule has 0 radical (unpaired) electrons. The Balaban J connectivity index is 2.45. The van der Waals surface area contributed by atoms with Crippen molar-refractivity contribution in [2.75, 3.05) is 4.90 Å². The monoisotopic (exact) mass is 330 g/mol. The Morgan fingerprint density at radius 3 is 2.36 bits per heavy atom. The molecule has 4 nitrogen and oxygen atoms in total. The number of fused-ring (bicyclic) bond motifs is 1. The second kappa shape index (κ2) is 6.03. The first-order valence-electron chi connectivity index (χ1n) is 6.92. The van der Waals surface area contributed by atoms with Crippen LogP contribution in [0.3, 0.4) is 0 Å². The number of carbonyl (C=O) groups excluding carboxylic acids is 2. The summed E-state index contributed by atoms with van der Waals surface area (Å²) in [6.07, 6.45) is 0. The van der Waals surface area contributed by atoms with Gasteiger partial charge in [0.2, 0.25) is 11.8 Å². The van der Waals surface area contributed by atoms with E-state index in [1.54, 1.807) is 0 Å². The molecule has 1 heterocycles. The van der Waals surface area contributed by atoms with Gasteiger partial charge in [0.05, 0.1) is 10.2 Å². The summed E-state index contributed by atoms with van der Waals surface area (Å²) in [5, 5.41) is 0.408. The average Bonchev–Trinajstić information content (AvgIpc) is 2.76. The molecule has 0 aliphatic rings. The second-order valence-corrected chi connectivity index (χ2v) is 11.8. The zero-order chi connectivity index (χ0) is 16.5. The van der Waals surface area contributed by atoms with Gasteiger partial charge < -0.3 is 0 Å². The molecule has 1 aromatic heterocycles. The number of rotatable bonds is 1. The molecule has 114 valence electrons.